The molecule has 0 aliphatic rings. The van der Waals surface area contributed by atoms with Crippen molar-refractivity contribution in [2.75, 3.05) is 24.6 Å². The van der Waals surface area contributed by atoms with Gasteiger partial charge >= 0.3 is 5.97 Å². The molecule has 0 unspecified atom stereocenters. The van der Waals surface area contributed by atoms with Crippen molar-refractivity contribution < 1.29 is 24.3 Å². The number of amides is 3. The highest BCUT2D eigenvalue weighted by Crippen LogP contribution is 2.09. The molecular weight excluding hydrogens is 406 g/mol. The fraction of sp³-hybridized carbons (Fsp3) is 0.810. The summed E-state index contributed by atoms with van der Waals surface area (Å²) >= 11 is 1.67. The monoisotopic (exact) mass is 447 g/mol. The van der Waals surface area contributed by atoms with E-state index in [9.17, 15) is 19.2 Å². The van der Waals surface area contributed by atoms with Gasteiger partial charge in [-0.3, -0.25) is 19.2 Å². The molecule has 3 amide bonds. The molecule has 0 aliphatic carbocycles. The summed E-state index contributed by atoms with van der Waals surface area (Å²) < 4.78 is 0. The average Bonchev–Trinajstić information content (AvgIpc) is 2.66. The fourth-order valence-corrected chi connectivity index (χ4v) is 3.21. The van der Waals surface area contributed by atoms with Crippen LogP contribution in [0.15, 0.2) is 0 Å². The molecule has 0 radical (unpaired) electrons. The number of aliphatic carboxylic acids is 1. The quantitative estimate of drug-likeness (QED) is 0.286. The van der Waals surface area contributed by atoms with Crippen molar-refractivity contribution in [1.29, 1.82) is 0 Å². The van der Waals surface area contributed by atoms with Crippen LogP contribution in [0.1, 0.15) is 67.2 Å². The molecule has 0 aliphatic heterocycles. The van der Waals surface area contributed by atoms with Crippen LogP contribution in [-0.2, 0) is 19.2 Å². The van der Waals surface area contributed by atoms with E-state index in [4.69, 9.17) is 5.11 Å². The lowest BCUT2D eigenvalue weighted by Gasteiger charge is -2.18. The third-order valence-electron chi connectivity index (χ3n) is 3.56. The number of rotatable bonds is 15. The van der Waals surface area contributed by atoms with Crippen LogP contribution in [0.25, 0.3) is 0 Å². The Morgan fingerprint density at radius 3 is 2.00 bits per heavy atom. The Balaban J connectivity index is 0. The van der Waals surface area contributed by atoms with Gasteiger partial charge in [-0.15, -0.1) is 0 Å². The zero-order valence-electron chi connectivity index (χ0n) is 19.4. The molecule has 4 N–H and O–H groups in total. The van der Waals surface area contributed by atoms with Crippen molar-refractivity contribution in [1.82, 2.24) is 16.0 Å². The Labute approximate surface area is 185 Å². The maximum atomic E-state index is 12.3. The van der Waals surface area contributed by atoms with Crippen molar-refractivity contribution in [2.24, 2.45) is 11.8 Å². The van der Waals surface area contributed by atoms with Crippen molar-refractivity contribution in [2.45, 2.75) is 73.3 Å². The molecule has 176 valence electrons. The summed E-state index contributed by atoms with van der Waals surface area (Å²) in [5, 5.41) is 16.8. The lowest BCUT2D eigenvalue weighted by atomic mass is 10.1. The summed E-state index contributed by atoms with van der Waals surface area (Å²) in [5.41, 5.74) is 0. The first-order valence-corrected chi connectivity index (χ1v) is 11.9. The van der Waals surface area contributed by atoms with Gasteiger partial charge < -0.3 is 21.1 Å². The number of thioether (sulfide) groups is 1. The highest BCUT2D eigenvalue weighted by Gasteiger charge is 2.21. The summed E-state index contributed by atoms with van der Waals surface area (Å²) in [4.78, 5) is 46.7. The molecule has 0 spiro atoms. The van der Waals surface area contributed by atoms with Crippen LogP contribution in [0, 0.1) is 11.8 Å². The zero-order valence-corrected chi connectivity index (χ0v) is 20.2. The average molecular weight is 448 g/mol. The Bertz CT molecular complexity index is 513. The van der Waals surface area contributed by atoms with Gasteiger partial charge in [0.1, 0.15) is 6.04 Å². The second-order valence-corrected chi connectivity index (χ2v) is 8.66. The Kier molecular flexibility index (Phi) is 19.5. The van der Waals surface area contributed by atoms with Crippen LogP contribution in [-0.4, -0.2) is 59.4 Å². The first-order valence-electron chi connectivity index (χ1n) is 10.7. The third kappa shape index (κ3) is 19.5. The van der Waals surface area contributed by atoms with Crippen molar-refractivity contribution in [3.63, 3.8) is 0 Å². The summed E-state index contributed by atoms with van der Waals surface area (Å²) in [6, 6.07) is -0.898. The van der Waals surface area contributed by atoms with Gasteiger partial charge in [0.25, 0.3) is 0 Å². The largest absolute Gasteiger partial charge is 0.481 e. The maximum Gasteiger partial charge on any atom is 0.303 e. The van der Waals surface area contributed by atoms with Gasteiger partial charge in [-0.25, -0.2) is 0 Å². The van der Waals surface area contributed by atoms with Gasteiger partial charge in [0.2, 0.25) is 17.7 Å². The predicted molar refractivity (Wildman–Crippen MR) is 122 cm³/mol. The minimum absolute atomic E-state index is 0.0196. The highest BCUT2D eigenvalue weighted by atomic mass is 32.2. The zero-order chi connectivity index (χ0) is 23.5. The number of hydrogen-bond donors (Lipinski definition) is 4. The van der Waals surface area contributed by atoms with Crippen LogP contribution >= 0.6 is 11.8 Å². The van der Waals surface area contributed by atoms with Crippen LogP contribution in [0.2, 0.25) is 0 Å². The topological polar surface area (TPSA) is 125 Å². The second-order valence-electron chi connectivity index (χ2n) is 7.51. The van der Waals surface area contributed by atoms with Gasteiger partial charge in [-0.05, 0) is 24.0 Å². The highest BCUT2D eigenvalue weighted by molar-refractivity contribution is 7.99. The van der Waals surface area contributed by atoms with Gasteiger partial charge in [-0.1, -0.05) is 41.5 Å². The lowest BCUT2D eigenvalue weighted by Crippen LogP contribution is -2.48. The molecule has 8 nitrogen and oxygen atoms in total. The van der Waals surface area contributed by atoms with Crippen molar-refractivity contribution in [3.05, 3.63) is 0 Å². The first-order chi connectivity index (χ1) is 14.1. The molecule has 0 aromatic rings. The van der Waals surface area contributed by atoms with E-state index < -0.39 is 17.9 Å². The summed E-state index contributed by atoms with van der Waals surface area (Å²) in [5.74, 6) is 0.582. The van der Waals surface area contributed by atoms with Gasteiger partial charge in [0.15, 0.2) is 0 Å². The molecule has 0 rings (SSSR count). The van der Waals surface area contributed by atoms with Crippen LogP contribution in [0.3, 0.4) is 0 Å². The third-order valence-corrected chi connectivity index (χ3v) is 4.96. The molecule has 30 heavy (non-hydrogen) atoms. The molecule has 0 heterocycles. The van der Waals surface area contributed by atoms with Crippen LogP contribution < -0.4 is 16.0 Å². The number of carboxylic acid groups (broad SMARTS) is 1. The Morgan fingerprint density at radius 2 is 1.47 bits per heavy atom. The van der Waals surface area contributed by atoms with Crippen molar-refractivity contribution >= 4 is 35.5 Å². The predicted octanol–water partition coefficient (Wildman–Crippen LogP) is 2.42. The minimum Gasteiger partial charge on any atom is -0.481 e. The van der Waals surface area contributed by atoms with Crippen LogP contribution in [0.4, 0.5) is 0 Å². The van der Waals surface area contributed by atoms with E-state index in [1.807, 2.05) is 27.7 Å². The number of nitrogens with one attached hydrogen (secondary N) is 3. The molecule has 0 bridgehead atoms. The summed E-state index contributed by atoms with van der Waals surface area (Å²) in [7, 11) is 0. The summed E-state index contributed by atoms with van der Waals surface area (Å²) in [6.07, 6.45) is 0.497. The second kappa shape index (κ2) is 19.2. The van der Waals surface area contributed by atoms with E-state index in [2.05, 4.69) is 29.8 Å². The molecule has 0 fully saturated rings. The lowest BCUT2D eigenvalue weighted by molar-refractivity contribution is -0.138. The number of carbonyl (C=O) groups is 4. The smallest absolute Gasteiger partial charge is 0.303 e. The Morgan fingerprint density at radius 1 is 0.867 bits per heavy atom. The van der Waals surface area contributed by atoms with E-state index in [1.54, 1.807) is 11.8 Å². The fourth-order valence-electron chi connectivity index (χ4n) is 2.24. The van der Waals surface area contributed by atoms with E-state index in [1.165, 1.54) is 0 Å². The standard InChI is InChI=1S/C19H35N3O5S.C2H6/c1-13(2)11-17(24)20-8-9-21-19(27)15(5-6-18(25)26)22-16(23)7-10-28-12-14(3)4;1-2/h13-15H,5-12H2,1-4H3,(H,20,24)(H,21,27)(H,22,23)(H,25,26);1-2H3/t15-;/m0./s1. The Hall–Kier alpha value is -1.77. The first kappa shape index (κ1) is 30.4. The number of carbonyl (C=O) groups excluding carboxylic acids is 3. The van der Waals surface area contributed by atoms with Gasteiger partial charge in [0.05, 0.1) is 0 Å². The molecule has 0 saturated heterocycles. The molecule has 1 atom stereocenters. The molecule has 0 aromatic heterocycles. The number of hydrogen-bond acceptors (Lipinski definition) is 5. The summed E-state index contributed by atoms with van der Waals surface area (Å²) in [6.45, 7) is 12.6. The SMILES string of the molecule is CC.CC(C)CSCCC(=O)N[C@@H](CCC(=O)O)C(=O)NCCNC(=O)CC(C)C. The van der Waals surface area contributed by atoms with E-state index in [-0.39, 0.29) is 50.1 Å². The molecule has 0 saturated carbocycles. The minimum atomic E-state index is -1.03. The van der Waals surface area contributed by atoms with E-state index in [0.29, 0.717) is 18.1 Å². The van der Waals surface area contributed by atoms with Gasteiger partial charge in [0, 0.05) is 38.1 Å². The van der Waals surface area contributed by atoms with E-state index >= 15 is 0 Å². The normalized spacial score (nSPS) is 11.3. The maximum absolute atomic E-state index is 12.3. The molecule has 9 heteroatoms. The van der Waals surface area contributed by atoms with E-state index in [0.717, 1.165) is 5.75 Å². The van der Waals surface area contributed by atoms with Crippen molar-refractivity contribution in [3.8, 4) is 0 Å². The molecular formula is C21H41N3O5S. The number of carboxylic acids is 1. The molecule has 0 aromatic carbocycles. The van der Waals surface area contributed by atoms with Gasteiger partial charge in [-0.2, -0.15) is 11.8 Å². The van der Waals surface area contributed by atoms with Crippen LogP contribution in [0.5, 0.6) is 0 Å².